The zero-order valence-corrected chi connectivity index (χ0v) is 11.3. The summed E-state index contributed by atoms with van der Waals surface area (Å²) in [5.74, 6) is 0. The predicted octanol–water partition coefficient (Wildman–Crippen LogP) is 1.67. The summed E-state index contributed by atoms with van der Waals surface area (Å²) in [4.78, 5) is 0. The van der Waals surface area contributed by atoms with Gasteiger partial charge in [-0.2, -0.15) is 5.10 Å². The normalized spacial score (nSPS) is 10.7. The Kier molecular flexibility index (Phi) is 3.45. The molecule has 1 aromatic carbocycles. The highest BCUT2D eigenvalue weighted by molar-refractivity contribution is 5.45. The highest BCUT2D eigenvalue weighted by atomic mass is 15.4. The lowest BCUT2D eigenvalue weighted by Gasteiger charge is -2.08. The van der Waals surface area contributed by atoms with E-state index < -0.39 is 0 Å². The van der Waals surface area contributed by atoms with E-state index in [4.69, 9.17) is 0 Å². The number of aryl methyl sites for hydroxylation is 1. The molecule has 0 aliphatic carbocycles. The molecule has 0 radical (unpaired) electrons. The SMILES string of the molecule is Cn1nncc1CNc1cccc(Cn2cccn2)c1. The maximum Gasteiger partial charge on any atom is 0.0774 e. The summed E-state index contributed by atoms with van der Waals surface area (Å²) in [5, 5.41) is 15.4. The van der Waals surface area contributed by atoms with Crippen molar-refractivity contribution in [2.75, 3.05) is 5.32 Å². The second-order valence-electron chi connectivity index (χ2n) is 4.61. The molecule has 20 heavy (non-hydrogen) atoms. The van der Waals surface area contributed by atoms with Crippen molar-refractivity contribution in [1.82, 2.24) is 24.8 Å². The molecular weight excluding hydrogens is 252 g/mol. The number of hydrogen-bond acceptors (Lipinski definition) is 4. The minimum Gasteiger partial charge on any atom is -0.379 e. The third-order valence-electron chi connectivity index (χ3n) is 3.11. The first-order valence-corrected chi connectivity index (χ1v) is 6.45. The van der Waals surface area contributed by atoms with E-state index in [0.29, 0.717) is 6.54 Å². The van der Waals surface area contributed by atoms with Gasteiger partial charge in [0.25, 0.3) is 0 Å². The molecule has 3 aromatic rings. The van der Waals surface area contributed by atoms with Gasteiger partial charge in [0.05, 0.1) is 25.0 Å². The Labute approximate surface area is 117 Å². The van der Waals surface area contributed by atoms with Crippen LogP contribution in [0.4, 0.5) is 5.69 Å². The van der Waals surface area contributed by atoms with Gasteiger partial charge < -0.3 is 5.32 Å². The Bertz CT molecular complexity index is 671. The number of nitrogens with one attached hydrogen (secondary N) is 1. The Balaban J connectivity index is 1.67. The van der Waals surface area contributed by atoms with Crippen molar-refractivity contribution in [3.8, 4) is 0 Å². The van der Waals surface area contributed by atoms with Crippen LogP contribution in [0.3, 0.4) is 0 Å². The minimum absolute atomic E-state index is 0.703. The van der Waals surface area contributed by atoms with E-state index in [9.17, 15) is 0 Å². The van der Waals surface area contributed by atoms with E-state index in [1.165, 1.54) is 5.56 Å². The van der Waals surface area contributed by atoms with Crippen LogP contribution in [0.1, 0.15) is 11.3 Å². The zero-order valence-electron chi connectivity index (χ0n) is 11.3. The number of anilines is 1. The van der Waals surface area contributed by atoms with Crippen molar-refractivity contribution < 1.29 is 0 Å². The average Bonchev–Trinajstić information content (AvgIpc) is 3.09. The molecule has 1 N–H and O–H groups in total. The monoisotopic (exact) mass is 268 g/mol. The fourth-order valence-corrected chi connectivity index (χ4v) is 2.02. The van der Waals surface area contributed by atoms with Crippen LogP contribution in [0.2, 0.25) is 0 Å². The van der Waals surface area contributed by atoms with Crippen molar-refractivity contribution in [2.45, 2.75) is 13.1 Å². The number of hydrogen-bond donors (Lipinski definition) is 1. The fraction of sp³-hybridized carbons (Fsp3) is 0.214. The number of aromatic nitrogens is 5. The molecule has 6 nitrogen and oxygen atoms in total. The second-order valence-corrected chi connectivity index (χ2v) is 4.61. The molecular formula is C14H16N6. The molecule has 0 aliphatic heterocycles. The lowest BCUT2D eigenvalue weighted by atomic mass is 10.2. The van der Waals surface area contributed by atoms with Gasteiger partial charge in [-0.1, -0.05) is 17.3 Å². The molecule has 0 unspecified atom stereocenters. The van der Waals surface area contributed by atoms with Gasteiger partial charge in [0.15, 0.2) is 0 Å². The molecule has 2 aromatic heterocycles. The molecule has 0 amide bonds. The summed E-state index contributed by atoms with van der Waals surface area (Å²) in [6.45, 7) is 1.48. The third-order valence-corrected chi connectivity index (χ3v) is 3.11. The molecule has 0 atom stereocenters. The Morgan fingerprint density at radius 2 is 2.20 bits per heavy atom. The number of nitrogens with zero attached hydrogens (tertiary/aromatic N) is 5. The van der Waals surface area contributed by atoms with Crippen LogP contribution in [-0.2, 0) is 20.1 Å². The third kappa shape index (κ3) is 2.85. The zero-order chi connectivity index (χ0) is 13.8. The highest BCUT2D eigenvalue weighted by Crippen LogP contribution is 2.12. The first kappa shape index (κ1) is 12.4. The Morgan fingerprint density at radius 1 is 1.25 bits per heavy atom. The predicted molar refractivity (Wildman–Crippen MR) is 76.1 cm³/mol. The maximum absolute atomic E-state index is 4.22. The summed E-state index contributed by atoms with van der Waals surface area (Å²) >= 11 is 0. The van der Waals surface area contributed by atoms with Gasteiger partial charge in [0.2, 0.25) is 0 Å². The quantitative estimate of drug-likeness (QED) is 0.764. The first-order valence-electron chi connectivity index (χ1n) is 6.45. The van der Waals surface area contributed by atoms with Crippen molar-refractivity contribution in [1.29, 1.82) is 0 Å². The van der Waals surface area contributed by atoms with Crippen LogP contribution in [0.15, 0.2) is 48.9 Å². The van der Waals surface area contributed by atoms with E-state index >= 15 is 0 Å². The smallest absolute Gasteiger partial charge is 0.0774 e. The second kappa shape index (κ2) is 5.56. The molecule has 102 valence electrons. The summed E-state index contributed by atoms with van der Waals surface area (Å²) in [5.41, 5.74) is 3.33. The molecule has 0 spiro atoms. The first-order chi connectivity index (χ1) is 9.81. The topological polar surface area (TPSA) is 60.6 Å². The van der Waals surface area contributed by atoms with Crippen LogP contribution in [-0.4, -0.2) is 24.8 Å². The van der Waals surface area contributed by atoms with Crippen molar-refractivity contribution >= 4 is 5.69 Å². The van der Waals surface area contributed by atoms with E-state index in [2.05, 4.69) is 38.9 Å². The molecule has 0 aliphatic rings. The van der Waals surface area contributed by atoms with Crippen LogP contribution in [0.5, 0.6) is 0 Å². The van der Waals surface area contributed by atoms with Gasteiger partial charge in [-0.3, -0.25) is 9.36 Å². The van der Waals surface area contributed by atoms with Crippen LogP contribution in [0, 0.1) is 0 Å². The van der Waals surface area contributed by atoms with Crippen molar-refractivity contribution in [2.24, 2.45) is 7.05 Å². The van der Waals surface area contributed by atoms with Gasteiger partial charge >= 0.3 is 0 Å². The largest absolute Gasteiger partial charge is 0.379 e. The standard InChI is InChI=1S/C14H16N6/c1-19-14(10-16-18-19)9-15-13-5-2-4-12(8-13)11-20-7-3-6-17-20/h2-8,10,15H,9,11H2,1H3. The summed E-state index contributed by atoms with van der Waals surface area (Å²) in [6, 6.07) is 10.3. The number of benzene rings is 1. The highest BCUT2D eigenvalue weighted by Gasteiger charge is 2.01. The Morgan fingerprint density at radius 3 is 2.95 bits per heavy atom. The molecule has 2 heterocycles. The average molecular weight is 268 g/mol. The van der Waals surface area contributed by atoms with E-state index in [1.54, 1.807) is 17.1 Å². The van der Waals surface area contributed by atoms with Crippen molar-refractivity contribution in [3.05, 3.63) is 60.2 Å². The Hall–Kier alpha value is -2.63. The van der Waals surface area contributed by atoms with Crippen molar-refractivity contribution in [3.63, 3.8) is 0 Å². The molecule has 0 bridgehead atoms. The fourth-order valence-electron chi connectivity index (χ4n) is 2.02. The van der Waals surface area contributed by atoms with E-state index in [-0.39, 0.29) is 0 Å². The molecule has 3 rings (SSSR count). The van der Waals surface area contributed by atoms with Gasteiger partial charge in [-0.25, -0.2) is 0 Å². The lowest BCUT2D eigenvalue weighted by molar-refractivity contribution is 0.682. The molecule has 0 saturated carbocycles. The van der Waals surface area contributed by atoms with Gasteiger partial charge in [-0.05, 0) is 23.8 Å². The molecule has 6 heteroatoms. The summed E-state index contributed by atoms with van der Waals surface area (Å²) < 4.78 is 3.67. The van der Waals surface area contributed by atoms with Gasteiger partial charge in [0, 0.05) is 25.1 Å². The van der Waals surface area contributed by atoms with E-state index in [1.807, 2.05) is 30.1 Å². The van der Waals surface area contributed by atoms with Crippen LogP contribution >= 0.6 is 0 Å². The lowest BCUT2D eigenvalue weighted by Crippen LogP contribution is -2.06. The van der Waals surface area contributed by atoms with E-state index in [0.717, 1.165) is 17.9 Å². The summed E-state index contributed by atoms with van der Waals surface area (Å²) in [7, 11) is 1.89. The minimum atomic E-state index is 0.703. The van der Waals surface area contributed by atoms with Gasteiger partial charge in [-0.15, -0.1) is 5.10 Å². The maximum atomic E-state index is 4.22. The molecule has 0 fully saturated rings. The number of rotatable bonds is 5. The summed E-state index contributed by atoms with van der Waals surface area (Å²) in [6.07, 6.45) is 5.51. The molecule has 0 saturated heterocycles. The van der Waals surface area contributed by atoms with Crippen LogP contribution in [0.25, 0.3) is 0 Å². The van der Waals surface area contributed by atoms with Crippen LogP contribution < -0.4 is 5.32 Å². The van der Waals surface area contributed by atoms with Gasteiger partial charge in [0.1, 0.15) is 0 Å².